The van der Waals surface area contributed by atoms with Crippen molar-refractivity contribution in [1.29, 1.82) is 0 Å². The van der Waals surface area contributed by atoms with Crippen molar-refractivity contribution >= 4 is 11.3 Å². The van der Waals surface area contributed by atoms with Gasteiger partial charge in [-0.1, -0.05) is 6.07 Å². The molecule has 1 N–H and O–H groups in total. The van der Waals surface area contributed by atoms with E-state index >= 15 is 0 Å². The molecule has 1 aliphatic heterocycles. The normalized spacial score (nSPS) is 17.4. The van der Waals surface area contributed by atoms with Crippen LogP contribution in [0.5, 0.6) is 11.5 Å². The highest BCUT2D eigenvalue weighted by Crippen LogP contribution is 2.39. The fourth-order valence-electron chi connectivity index (χ4n) is 2.47. The Balaban J connectivity index is 2.02. The van der Waals surface area contributed by atoms with Gasteiger partial charge in [-0.3, -0.25) is 0 Å². The maximum Gasteiger partial charge on any atom is 0.161 e. The first-order valence-corrected chi connectivity index (χ1v) is 7.64. The Morgan fingerprint density at radius 2 is 1.90 bits per heavy atom. The molecular weight excluding hydrogens is 272 g/mol. The molecule has 106 valence electrons. The van der Waals surface area contributed by atoms with E-state index in [1.54, 1.807) is 11.3 Å². The lowest BCUT2D eigenvalue weighted by molar-refractivity contribution is 0.105. The lowest BCUT2D eigenvalue weighted by Crippen LogP contribution is -2.22. The predicted octanol–water partition coefficient (Wildman–Crippen LogP) is 3.47. The van der Waals surface area contributed by atoms with Crippen LogP contribution in [0.25, 0.3) is 0 Å². The van der Waals surface area contributed by atoms with Crippen LogP contribution in [-0.4, -0.2) is 18.3 Å². The number of ether oxygens (including phenoxy) is 2. The third kappa shape index (κ3) is 2.30. The maximum atomic E-state index is 10.9. The Morgan fingerprint density at radius 3 is 2.60 bits per heavy atom. The molecule has 3 nitrogen and oxygen atoms in total. The van der Waals surface area contributed by atoms with Crippen molar-refractivity contribution in [3.8, 4) is 11.5 Å². The van der Waals surface area contributed by atoms with Gasteiger partial charge < -0.3 is 14.6 Å². The van der Waals surface area contributed by atoms with Crippen LogP contribution in [0.1, 0.15) is 29.3 Å². The van der Waals surface area contributed by atoms with E-state index in [-0.39, 0.29) is 0 Å². The van der Waals surface area contributed by atoms with Crippen LogP contribution in [0.2, 0.25) is 0 Å². The fraction of sp³-hybridized carbons (Fsp3) is 0.375. The van der Waals surface area contributed by atoms with Gasteiger partial charge in [0.15, 0.2) is 11.5 Å². The number of hydrogen-bond acceptors (Lipinski definition) is 4. The summed E-state index contributed by atoms with van der Waals surface area (Å²) in [6, 6.07) is 7.71. The second-order valence-electron chi connectivity index (χ2n) is 5.22. The van der Waals surface area contributed by atoms with Crippen LogP contribution >= 0.6 is 11.3 Å². The van der Waals surface area contributed by atoms with Gasteiger partial charge in [-0.25, -0.2) is 0 Å². The van der Waals surface area contributed by atoms with E-state index in [1.165, 1.54) is 0 Å². The molecule has 2 aromatic rings. The van der Waals surface area contributed by atoms with E-state index in [1.807, 2.05) is 43.5 Å². The molecule has 2 heterocycles. The molecule has 0 amide bonds. The zero-order valence-corrected chi connectivity index (χ0v) is 12.5. The van der Waals surface area contributed by atoms with E-state index in [0.717, 1.165) is 33.9 Å². The molecule has 0 spiro atoms. The minimum absolute atomic E-state index is 0.649. The molecule has 0 radical (unpaired) electrons. The quantitative estimate of drug-likeness (QED) is 0.920. The monoisotopic (exact) mass is 290 g/mol. The fourth-order valence-corrected chi connectivity index (χ4v) is 3.48. The minimum atomic E-state index is -1.01. The van der Waals surface area contributed by atoms with E-state index in [9.17, 15) is 5.11 Å². The summed E-state index contributed by atoms with van der Waals surface area (Å²) in [6.45, 7) is 5.16. The van der Waals surface area contributed by atoms with E-state index in [0.29, 0.717) is 13.2 Å². The summed E-state index contributed by atoms with van der Waals surface area (Å²) >= 11 is 1.57. The highest BCUT2D eigenvalue weighted by molar-refractivity contribution is 7.10. The van der Waals surface area contributed by atoms with Crippen LogP contribution in [0.15, 0.2) is 29.6 Å². The summed E-state index contributed by atoms with van der Waals surface area (Å²) < 4.78 is 11.3. The number of hydrogen-bond donors (Lipinski definition) is 1. The number of fused-ring (bicyclic) bond motifs is 1. The topological polar surface area (TPSA) is 38.7 Å². The van der Waals surface area contributed by atoms with Crippen molar-refractivity contribution in [3.05, 3.63) is 45.6 Å². The molecule has 1 aromatic heterocycles. The molecule has 4 heteroatoms. The van der Waals surface area contributed by atoms with Crippen molar-refractivity contribution in [2.75, 3.05) is 13.2 Å². The predicted molar refractivity (Wildman–Crippen MR) is 79.8 cm³/mol. The molecule has 20 heavy (non-hydrogen) atoms. The summed E-state index contributed by atoms with van der Waals surface area (Å²) in [7, 11) is 0. The van der Waals surface area contributed by atoms with Gasteiger partial charge >= 0.3 is 0 Å². The van der Waals surface area contributed by atoms with Gasteiger partial charge in [0.2, 0.25) is 0 Å². The highest BCUT2D eigenvalue weighted by atomic mass is 32.1. The number of aliphatic hydroxyl groups is 1. The van der Waals surface area contributed by atoms with Crippen LogP contribution in [0, 0.1) is 6.92 Å². The van der Waals surface area contributed by atoms with Gasteiger partial charge in [-0.2, -0.15) is 0 Å². The zero-order valence-electron chi connectivity index (χ0n) is 11.7. The highest BCUT2D eigenvalue weighted by Gasteiger charge is 2.29. The van der Waals surface area contributed by atoms with Crippen molar-refractivity contribution < 1.29 is 14.6 Å². The Bertz CT molecular complexity index is 616. The van der Waals surface area contributed by atoms with Gasteiger partial charge in [0.1, 0.15) is 5.60 Å². The molecule has 0 fully saturated rings. The first-order chi connectivity index (χ1) is 9.59. The van der Waals surface area contributed by atoms with Crippen molar-refractivity contribution in [3.63, 3.8) is 0 Å². The van der Waals surface area contributed by atoms with Gasteiger partial charge in [0, 0.05) is 11.3 Å². The molecular formula is C16H18O3S. The molecule has 1 aromatic carbocycles. The molecule has 1 unspecified atom stereocenters. The van der Waals surface area contributed by atoms with Crippen LogP contribution in [0.4, 0.5) is 0 Å². The molecule has 0 saturated heterocycles. The van der Waals surface area contributed by atoms with Crippen molar-refractivity contribution in [2.45, 2.75) is 25.9 Å². The molecule has 0 bridgehead atoms. The number of rotatable bonds is 2. The Hall–Kier alpha value is -1.52. The van der Waals surface area contributed by atoms with Crippen molar-refractivity contribution in [2.24, 2.45) is 0 Å². The molecule has 0 saturated carbocycles. The van der Waals surface area contributed by atoms with Crippen LogP contribution < -0.4 is 9.47 Å². The number of benzene rings is 1. The summed E-state index contributed by atoms with van der Waals surface area (Å²) in [5, 5.41) is 12.9. The largest absolute Gasteiger partial charge is 0.490 e. The van der Waals surface area contributed by atoms with Crippen LogP contribution in [-0.2, 0) is 5.60 Å². The SMILES string of the molecule is Cc1ccsc1C(C)(O)c1ccc2c(c1)OCCCO2. The summed E-state index contributed by atoms with van der Waals surface area (Å²) in [6.07, 6.45) is 0.879. The minimum Gasteiger partial charge on any atom is -0.490 e. The summed E-state index contributed by atoms with van der Waals surface area (Å²) in [5.41, 5.74) is 0.919. The molecule has 1 atom stereocenters. The molecule has 0 aliphatic carbocycles. The van der Waals surface area contributed by atoms with Crippen LogP contribution in [0.3, 0.4) is 0 Å². The van der Waals surface area contributed by atoms with E-state index in [4.69, 9.17) is 9.47 Å². The lowest BCUT2D eigenvalue weighted by Gasteiger charge is -2.24. The first kappa shape index (κ1) is 13.5. The Morgan fingerprint density at radius 1 is 1.15 bits per heavy atom. The Kier molecular flexibility index (Phi) is 3.44. The third-order valence-corrected chi connectivity index (χ3v) is 4.84. The van der Waals surface area contributed by atoms with Crippen molar-refractivity contribution in [1.82, 2.24) is 0 Å². The standard InChI is InChI=1S/C16H18O3S/c1-11-6-9-20-15(11)16(2,17)12-4-5-13-14(10-12)19-8-3-7-18-13/h4-6,9-10,17H,3,7-8H2,1-2H3. The second-order valence-corrected chi connectivity index (χ2v) is 6.13. The third-order valence-electron chi connectivity index (χ3n) is 3.61. The van der Waals surface area contributed by atoms with Gasteiger partial charge in [-0.05, 0) is 48.6 Å². The van der Waals surface area contributed by atoms with Gasteiger partial charge in [0.25, 0.3) is 0 Å². The summed E-state index contributed by atoms with van der Waals surface area (Å²) in [4.78, 5) is 0.965. The average Bonchev–Trinajstić information content (AvgIpc) is 2.73. The Labute approximate surface area is 122 Å². The lowest BCUT2D eigenvalue weighted by atomic mass is 9.92. The maximum absolute atomic E-state index is 10.9. The zero-order chi connectivity index (χ0) is 14.2. The smallest absolute Gasteiger partial charge is 0.161 e. The second kappa shape index (κ2) is 5.11. The molecule has 3 rings (SSSR count). The van der Waals surface area contributed by atoms with Gasteiger partial charge in [-0.15, -0.1) is 11.3 Å². The average molecular weight is 290 g/mol. The van der Waals surface area contributed by atoms with E-state index < -0.39 is 5.60 Å². The number of aryl methyl sites for hydroxylation is 1. The molecule has 1 aliphatic rings. The van der Waals surface area contributed by atoms with Gasteiger partial charge in [0.05, 0.1) is 13.2 Å². The van der Waals surface area contributed by atoms with E-state index in [2.05, 4.69) is 0 Å². The number of thiophene rings is 1. The summed E-state index contributed by atoms with van der Waals surface area (Å²) in [5.74, 6) is 1.47. The first-order valence-electron chi connectivity index (χ1n) is 6.76.